The van der Waals surface area contributed by atoms with Gasteiger partial charge >= 0.3 is 5.91 Å². The van der Waals surface area contributed by atoms with Crippen molar-refractivity contribution in [3.05, 3.63) is 107 Å². The Morgan fingerprint density at radius 3 is 2.53 bits per heavy atom. The Bertz CT molecular complexity index is 1850. The number of amides is 1. The lowest BCUT2D eigenvalue weighted by atomic mass is 9.96. The first-order chi connectivity index (χ1) is 22.0. The van der Waals surface area contributed by atoms with E-state index in [-0.39, 0.29) is 16.5 Å². The normalized spacial score (nSPS) is 16.1. The summed E-state index contributed by atoms with van der Waals surface area (Å²) in [5.41, 5.74) is 3.25. The van der Waals surface area contributed by atoms with Crippen LogP contribution in [0, 0.1) is 6.92 Å². The molecule has 9 nitrogen and oxygen atoms in total. The van der Waals surface area contributed by atoms with Gasteiger partial charge in [0.1, 0.15) is 17.1 Å². The summed E-state index contributed by atoms with van der Waals surface area (Å²) >= 11 is 2.75. The maximum Gasteiger partial charge on any atom is 0.301 e. The molecular formula is C34H33N5O4S2. The fraction of sp³-hybridized carbons (Fsp3) is 0.265. The third kappa shape index (κ3) is 6.36. The number of thioether (sulfide) groups is 1. The first-order valence-electron chi connectivity index (χ1n) is 14.9. The minimum atomic E-state index is -0.933. The number of imidazole rings is 1. The molecule has 1 aliphatic heterocycles. The van der Waals surface area contributed by atoms with Gasteiger partial charge in [0.25, 0.3) is 5.78 Å². The van der Waals surface area contributed by atoms with Crippen molar-refractivity contribution in [2.75, 3.05) is 11.5 Å². The molecule has 3 aromatic heterocycles. The summed E-state index contributed by atoms with van der Waals surface area (Å²) in [5, 5.41) is 20.7. The largest absolute Gasteiger partial charge is 0.505 e. The zero-order valence-corrected chi connectivity index (χ0v) is 26.7. The number of carbonyl (C=O) groups is 2. The van der Waals surface area contributed by atoms with Crippen LogP contribution in [-0.4, -0.2) is 43.0 Å². The third-order valence-corrected chi connectivity index (χ3v) is 9.77. The van der Waals surface area contributed by atoms with Crippen molar-refractivity contribution in [1.82, 2.24) is 19.6 Å². The first-order valence-corrected chi connectivity index (χ1v) is 16.7. The van der Waals surface area contributed by atoms with Crippen molar-refractivity contribution in [2.45, 2.75) is 55.7 Å². The predicted octanol–water partition coefficient (Wildman–Crippen LogP) is 7.37. The number of Topliss-reactive ketones (excluding diaryl/α,β-unsaturated/α-hetero) is 1. The molecule has 45 heavy (non-hydrogen) atoms. The quantitative estimate of drug-likeness (QED) is 0.0376. The number of anilines is 1. The van der Waals surface area contributed by atoms with E-state index in [9.17, 15) is 14.7 Å². The van der Waals surface area contributed by atoms with E-state index in [1.165, 1.54) is 34.4 Å². The average molecular weight is 640 g/mol. The van der Waals surface area contributed by atoms with Gasteiger partial charge in [0, 0.05) is 11.9 Å². The van der Waals surface area contributed by atoms with E-state index < -0.39 is 17.7 Å². The number of hydrogen-bond donors (Lipinski definition) is 1. The van der Waals surface area contributed by atoms with E-state index in [2.05, 4.69) is 22.1 Å². The highest BCUT2D eigenvalue weighted by atomic mass is 32.2. The fourth-order valence-electron chi connectivity index (χ4n) is 5.41. The molecule has 0 aliphatic carbocycles. The summed E-state index contributed by atoms with van der Waals surface area (Å²) in [6.45, 7) is 4.55. The summed E-state index contributed by atoms with van der Waals surface area (Å²) in [6, 6.07) is 21.9. The summed E-state index contributed by atoms with van der Waals surface area (Å²) in [4.78, 5) is 33.4. The molecule has 1 saturated heterocycles. The molecule has 1 fully saturated rings. The average Bonchev–Trinajstić information content (AvgIpc) is 3.74. The van der Waals surface area contributed by atoms with E-state index >= 15 is 0 Å². The number of nitrogens with zero attached hydrogens (tertiary/aromatic N) is 5. The summed E-state index contributed by atoms with van der Waals surface area (Å²) in [7, 11) is 0. The molecule has 5 aromatic rings. The van der Waals surface area contributed by atoms with E-state index in [4.69, 9.17) is 4.74 Å². The van der Waals surface area contributed by atoms with Crippen LogP contribution in [0.25, 0.3) is 11.4 Å². The molecule has 0 saturated carbocycles. The summed E-state index contributed by atoms with van der Waals surface area (Å²) < 4.78 is 8.33. The molecule has 0 bridgehead atoms. The van der Waals surface area contributed by atoms with Crippen molar-refractivity contribution in [3.8, 4) is 5.75 Å². The van der Waals surface area contributed by atoms with Crippen LogP contribution < -0.4 is 9.64 Å². The number of aliphatic hydroxyl groups is 1. The molecule has 1 N–H and O–H groups in total. The maximum atomic E-state index is 13.8. The van der Waals surface area contributed by atoms with Gasteiger partial charge in [0.2, 0.25) is 5.13 Å². The number of fused-ring (bicyclic) bond motifs is 1. The second-order valence-electron chi connectivity index (χ2n) is 10.7. The molecule has 1 unspecified atom stereocenters. The van der Waals surface area contributed by atoms with Gasteiger partial charge in [-0.1, -0.05) is 97.8 Å². The van der Waals surface area contributed by atoms with Gasteiger partial charge < -0.3 is 9.84 Å². The van der Waals surface area contributed by atoms with Crippen molar-refractivity contribution < 1.29 is 19.4 Å². The van der Waals surface area contributed by atoms with Gasteiger partial charge in [0.05, 0.1) is 23.9 Å². The summed E-state index contributed by atoms with van der Waals surface area (Å²) in [6.07, 6.45) is 6.17. The Hall–Kier alpha value is -4.48. The fourth-order valence-corrected chi connectivity index (χ4v) is 7.24. The zero-order valence-electron chi connectivity index (χ0n) is 25.1. The molecule has 1 aliphatic rings. The Balaban J connectivity index is 1.37. The monoisotopic (exact) mass is 639 g/mol. The topological polar surface area (TPSA) is 110 Å². The number of carbonyl (C=O) groups excluding carboxylic acids is 2. The highest BCUT2D eigenvalue weighted by molar-refractivity contribution is 8.00. The molecule has 230 valence electrons. The molecule has 11 heteroatoms. The van der Waals surface area contributed by atoms with E-state index in [0.29, 0.717) is 45.0 Å². The Morgan fingerprint density at radius 2 is 1.76 bits per heavy atom. The molecule has 1 amide bonds. The molecule has 2 aromatic carbocycles. The second kappa shape index (κ2) is 13.7. The van der Waals surface area contributed by atoms with Crippen molar-refractivity contribution in [2.24, 2.45) is 0 Å². The minimum Gasteiger partial charge on any atom is -0.505 e. The van der Waals surface area contributed by atoms with Crippen LogP contribution >= 0.6 is 23.1 Å². The Labute approximate surface area is 269 Å². The number of aromatic nitrogens is 4. The standard InChI is InChI=1S/C34H33N5O4S2/c1-3-4-5-11-20-43-25-17-15-24(16-18-25)29-27(30(40)28-22(2)35-26-14-9-10-19-38(26)28)31(41)32(42)39(29)33-36-37-34(45-33)44-21-23-12-7-6-8-13-23/h6-10,12-19,29,40H,3-5,11,20-21H2,1-2H3/b30-27+. The van der Waals surface area contributed by atoms with Crippen LogP contribution in [-0.2, 0) is 15.3 Å². The molecular weight excluding hydrogens is 607 g/mol. The number of ketones is 1. The number of aryl methyl sites for hydroxylation is 1. The van der Waals surface area contributed by atoms with Gasteiger partial charge in [0.15, 0.2) is 10.1 Å². The SMILES string of the molecule is CCCCCCOc1ccc(C2/C(=C(\O)c3c(C)nc4ccccn34)C(=O)C(=O)N2c2nnc(SCc3ccccc3)s2)cc1. The molecule has 0 spiro atoms. The predicted molar refractivity (Wildman–Crippen MR) is 177 cm³/mol. The number of ether oxygens (including phenoxy) is 1. The highest BCUT2D eigenvalue weighted by Gasteiger charge is 2.49. The lowest BCUT2D eigenvalue weighted by Crippen LogP contribution is -2.29. The molecule has 1 atom stereocenters. The van der Waals surface area contributed by atoms with Gasteiger partial charge in [-0.05, 0) is 48.7 Å². The highest BCUT2D eigenvalue weighted by Crippen LogP contribution is 2.44. The lowest BCUT2D eigenvalue weighted by molar-refractivity contribution is -0.132. The Morgan fingerprint density at radius 1 is 0.978 bits per heavy atom. The molecule has 6 rings (SSSR count). The van der Waals surface area contributed by atoms with Crippen LogP contribution in [0.1, 0.15) is 61.2 Å². The van der Waals surface area contributed by atoms with E-state index in [1.807, 2.05) is 72.8 Å². The van der Waals surface area contributed by atoms with Crippen LogP contribution in [0.3, 0.4) is 0 Å². The van der Waals surface area contributed by atoms with E-state index in [1.54, 1.807) is 17.5 Å². The summed E-state index contributed by atoms with van der Waals surface area (Å²) in [5.74, 6) is -0.491. The first kappa shape index (κ1) is 30.5. The van der Waals surface area contributed by atoms with E-state index in [0.717, 1.165) is 24.8 Å². The number of aliphatic hydroxyl groups excluding tert-OH is 1. The smallest absolute Gasteiger partial charge is 0.301 e. The molecule has 4 heterocycles. The van der Waals surface area contributed by atoms with Gasteiger partial charge in [-0.2, -0.15) is 0 Å². The van der Waals surface area contributed by atoms with Crippen molar-refractivity contribution >= 4 is 51.3 Å². The number of hydrogen-bond acceptors (Lipinski definition) is 9. The third-order valence-electron chi connectivity index (χ3n) is 7.64. The van der Waals surface area contributed by atoms with Crippen LogP contribution in [0.5, 0.6) is 5.75 Å². The minimum absolute atomic E-state index is 0.0318. The van der Waals surface area contributed by atoms with Crippen LogP contribution in [0.15, 0.2) is 88.9 Å². The van der Waals surface area contributed by atoms with Gasteiger partial charge in [-0.25, -0.2) is 4.98 Å². The maximum absolute atomic E-state index is 13.8. The van der Waals surface area contributed by atoms with Crippen molar-refractivity contribution in [1.29, 1.82) is 0 Å². The second-order valence-corrected chi connectivity index (χ2v) is 12.9. The van der Waals surface area contributed by atoms with Gasteiger partial charge in [-0.3, -0.25) is 18.9 Å². The number of benzene rings is 2. The van der Waals surface area contributed by atoms with Crippen molar-refractivity contribution in [3.63, 3.8) is 0 Å². The van der Waals surface area contributed by atoms with Crippen LogP contribution in [0.2, 0.25) is 0 Å². The number of unbranched alkanes of at least 4 members (excludes halogenated alkanes) is 3. The number of pyridine rings is 1. The Kier molecular flexibility index (Phi) is 9.27. The molecule has 0 radical (unpaired) electrons. The zero-order chi connectivity index (χ0) is 31.3. The van der Waals surface area contributed by atoms with Crippen LogP contribution in [0.4, 0.5) is 5.13 Å². The number of rotatable bonds is 12. The van der Waals surface area contributed by atoms with Gasteiger partial charge in [-0.15, -0.1) is 10.2 Å². The lowest BCUT2D eigenvalue weighted by Gasteiger charge is -2.22.